The zero-order valence-electron chi connectivity index (χ0n) is 13.4. The summed E-state index contributed by atoms with van der Waals surface area (Å²) in [6, 6.07) is 13.6. The summed E-state index contributed by atoms with van der Waals surface area (Å²) in [5, 5.41) is 12.2. The number of hydrogen-bond donors (Lipinski definition) is 2. The van der Waals surface area contributed by atoms with Crippen LogP contribution in [0.25, 0.3) is 21.8 Å². The van der Waals surface area contributed by atoms with Crippen molar-refractivity contribution in [2.75, 3.05) is 5.32 Å². The summed E-state index contributed by atoms with van der Waals surface area (Å²) >= 11 is 0. The highest BCUT2D eigenvalue weighted by Crippen LogP contribution is 2.18. The Kier molecular flexibility index (Phi) is 3.53. The fraction of sp³-hybridized carbons (Fsp3) is 0.111. The van der Waals surface area contributed by atoms with E-state index in [0.29, 0.717) is 16.6 Å². The van der Waals surface area contributed by atoms with Crippen molar-refractivity contribution >= 4 is 33.4 Å². The molecule has 0 radical (unpaired) electrons. The van der Waals surface area contributed by atoms with E-state index < -0.39 is 6.04 Å². The number of carbonyl (C=O) groups excluding carboxylic acids is 1. The van der Waals surface area contributed by atoms with E-state index in [4.69, 9.17) is 0 Å². The molecule has 0 bridgehead atoms. The van der Waals surface area contributed by atoms with Crippen LogP contribution in [0.2, 0.25) is 0 Å². The Labute approximate surface area is 142 Å². The lowest BCUT2D eigenvalue weighted by molar-refractivity contribution is -0.119. The van der Waals surface area contributed by atoms with Crippen molar-refractivity contribution in [1.82, 2.24) is 20.0 Å². The first-order valence-corrected chi connectivity index (χ1v) is 7.86. The standard InChI is InChI=1S/C18H15N5O2/c1-11(23-18(25)14-4-2-3-5-16(14)21-22-23)17(24)20-13-6-7-15-12(10-13)8-9-19-15/h2-11,19H,1H3,(H,20,24). The molecule has 0 spiro atoms. The van der Waals surface area contributed by atoms with Crippen LogP contribution >= 0.6 is 0 Å². The molecule has 124 valence electrons. The monoisotopic (exact) mass is 333 g/mol. The number of aromatic nitrogens is 4. The van der Waals surface area contributed by atoms with Gasteiger partial charge in [-0.15, -0.1) is 5.10 Å². The summed E-state index contributed by atoms with van der Waals surface area (Å²) in [7, 11) is 0. The van der Waals surface area contributed by atoms with Crippen molar-refractivity contribution in [1.29, 1.82) is 0 Å². The number of carbonyl (C=O) groups is 1. The number of rotatable bonds is 3. The van der Waals surface area contributed by atoms with E-state index in [-0.39, 0.29) is 11.5 Å². The van der Waals surface area contributed by atoms with Crippen molar-refractivity contribution in [3.05, 3.63) is 65.1 Å². The van der Waals surface area contributed by atoms with E-state index in [2.05, 4.69) is 20.6 Å². The molecule has 0 fully saturated rings. The molecule has 0 saturated heterocycles. The van der Waals surface area contributed by atoms with Gasteiger partial charge in [0, 0.05) is 22.8 Å². The Morgan fingerprint density at radius 2 is 2.04 bits per heavy atom. The molecule has 1 unspecified atom stereocenters. The third-order valence-electron chi connectivity index (χ3n) is 4.16. The highest BCUT2D eigenvalue weighted by molar-refractivity contribution is 5.95. The van der Waals surface area contributed by atoms with E-state index in [1.165, 1.54) is 0 Å². The van der Waals surface area contributed by atoms with Crippen LogP contribution in [0.4, 0.5) is 5.69 Å². The van der Waals surface area contributed by atoms with Crippen molar-refractivity contribution in [2.45, 2.75) is 13.0 Å². The minimum atomic E-state index is -0.786. The summed E-state index contributed by atoms with van der Waals surface area (Å²) in [5.41, 5.74) is 1.82. The molecule has 0 aliphatic carbocycles. The summed E-state index contributed by atoms with van der Waals surface area (Å²) in [4.78, 5) is 28.2. The molecule has 0 aliphatic heterocycles. The average Bonchev–Trinajstić information content (AvgIpc) is 3.09. The van der Waals surface area contributed by atoms with Gasteiger partial charge >= 0.3 is 0 Å². The van der Waals surface area contributed by atoms with Crippen LogP contribution in [0.5, 0.6) is 0 Å². The number of amides is 1. The van der Waals surface area contributed by atoms with Gasteiger partial charge in [0.15, 0.2) is 0 Å². The SMILES string of the molecule is CC(C(=O)Nc1ccc2[nH]ccc2c1)n1nnc2ccccc2c1=O. The van der Waals surface area contributed by atoms with Crippen LogP contribution < -0.4 is 10.9 Å². The molecule has 7 nitrogen and oxygen atoms in total. The highest BCUT2D eigenvalue weighted by atomic mass is 16.2. The molecule has 2 aromatic heterocycles. The molecule has 2 N–H and O–H groups in total. The van der Waals surface area contributed by atoms with E-state index in [1.807, 2.05) is 24.4 Å². The number of nitrogens with zero attached hydrogens (tertiary/aromatic N) is 3. The van der Waals surface area contributed by atoms with E-state index in [1.54, 1.807) is 37.3 Å². The number of anilines is 1. The zero-order valence-corrected chi connectivity index (χ0v) is 13.4. The molecular weight excluding hydrogens is 318 g/mol. The zero-order chi connectivity index (χ0) is 17.4. The molecule has 2 aromatic carbocycles. The predicted octanol–water partition coefficient (Wildman–Crippen LogP) is 2.47. The minimum absolute atomic E-state index is 0.332. The molecule has 0 saturated carbocycles. The highest BCUT2D eigenvalue weighted by Gasteiger charge is 2.19. The fourth-order valence-corrected chi connectivity index (χ4v) is 2.74. The van der Waals surface area contributed by atoms with Crippen LogP contribution in [0.15, 0.2) is 59.5 Å². The second-order valence-electron chi connectivity index (χ2n) is 5.80. The molecule has 25 heavy (non-hydrogen) atoms. The lowest BCUT2D eigenvalue weighted by Gasteiger charge is -2.13. The molecule has 0 aliphatic rings. The lowest BCUT2D eigenvalue weighted by Crippen LogP contribution is -2.34. The molecule has 4 rings (SSSR count). The van der Waals surface area contributed by atoms with Gasteiger partial charge in [0.2, 0.25) is 5.91 Å². The Hall–Kier alpha value is -3.48. The van der Waals surface area contributed by atoms with E-state index in [9.17, 15) is 9.59 Å². The Morgan fingerprint density at radius 1 is 1.20 bits per heavy atom. The fourth-order valence-electron chi connectivity index (χ4n) is 2.74. The molecule has 7 heteroatoms. The maximum Gasteiger partial charge on any atom is 0.278 e. The van der Waals surface area contributed by atoms with Gasteiger partial charge in [-0.3, -0.25) is 9.59 Å². The molecule has 1 amide bonds. The van der Waals surface area contributed by atoms with Gasteiger partial charge in [-0.1, -0.05) is 17.3 Å². The maximum absolute atomic E-state index is 12.5. The van der Waals surface area contributed by atoms with Crippen LogP contribution in [-0.2, 0) is 4.79 Å². The number of fused-ring (bicyclic) bond motifs is 2. The quantitative estimate of drug-likeness (QED) is 0.602. The Bertz CT molecular complexity index is 1140. The van der Waals surface area contributed by atoms with Crippen molar-refractivity contribution < 1.29 is 4.79 Å². The number of nitrogens with one attached hydrogen (secondary N) is 2. The van der Waals surface area contributed by atoms with Crippen molar-refractivity contribution in [3.63, 3.8) is 0 Å². The van der Waals surface area contributed by atoms with Gasteiger partial charge in [-0.25, -0.2) is 0 Å². The van der Waals surface area contributed by atoms with Gasteiger partial charge in [-0.2, -0.15) is 4.68 Å². The lowest BCUT2D eigenvalue weighted by atomic mass is 10.2. The molecular formula is C18H15N5O2. The van der Waals surface area contributed by atoms with Crippen LogP contribution in [0.3, 0.4) is 0 Å². The van der Waals surface area contributed by atoms with Gasteiger partial charge in [0.05, 0.1) is 5.39 Å². The number of aromatic amines is 1. The number of H-pyrrole nitrogens is 1. The maximum atomic E-state index is 12.5. The second kappa shape index (κ2) is 5.86. The first kappa shape index (κ1) is 15.1. The van der Waals surface area contributed by atoms with Gasteiger partial charge in [-0.05, 0) is 43.3 Å². The number of hydrogen-bond acceptors (Lipinski definition) is 4. The van der Waals surface area contributed by atoms with Gasteiger partial charge < -0.3 is 10.3 Å². The molecule has 2 heterocycles. The topological polar surface area (TPSA) is 92.7 Å². The Balaban J connectivity index is 1.63. The third-order valence-corrected chi connectivity index (χ3v) is 4.16. The average molecular weight is 333 g/mol. The van der Waals surface area contributed by atoms with Crippen LogP contribution in [-0.4, -0.2) is 25.9 Å². The summed E-state index contributed by atoms with van der Waals surface area (Å²) in [5.74, 6) is -0.332. The van der Waals surface area contributed by atoms with Crippen molar-refractivity contribution in [3.8, 4) is 0 Å². The first-order chi connectivity index (χ1) is 12.1. The first-order valence-electron chi connectivity index (χ1n) is 7.86. The van der Waals surface area contributed by atoms with E-state index >= 15 is 0 Å². The van der Waals surface area contributed by atoms with E-state index in [0.717, 1.165) is 15.6 Å². The summed E-state index contributed by atoms with van der Waals surface area (Å²) in [6.45, 7) is 1.62. The smallest absolute Gasteiger partial charge is 0.278 e. The van der Waals surface area contributed by atoms with Crippen molar-refractivity contribution in [2.24, 2.45) is 0 Å². The third kappa shape index (κ3) is 2.65. The number of benzene rings is 2. The predicted molar refractivity (Wildman–Crippen MR) is 95.4 cm³/mol. The van der Waals surface area contributed by atoms with Gasteiger partial charge in [0.1, 0.15) is 11.6 Å². The van der Waals surface area contributed by atoms with Gasteiger partial charge in [0.25, 0.3) is 5.56 Å². The normalized spacial score (nSPS) is 12.4. The minimum Gasteiger partial charge on any atom is -0.361 e. The van der Waals surface area contributed by atoms with Crippen LogP contribution in [0.1, 0.15) is 13.0 Å². The molecule has 1 atom stereocenters. The Morgan fingerprint density at radius 3 is 2.92 bits per heavy atom. The van der Waals surface area contributed by atoms with Crippen LogP contribution in [0, 0.1) is 0 Å². The molecule has 4 aromatic rings. The largest absolute Gasteiger partial charge is 0.361 e. The summed E-state index contributed by atoms with van der Waals surface area (Å²) < 4.78 is 1.10. The second-order valence-corrected chi connectivity index (χ2v) is 5.80. The summed E-state index contributed by atoms with van der Waals surface area (Å²) in [6.07, 6.45) is 1.84.